The second-order valence-corrected chi connectivity index (χ2v) is 4.61. The molecule has 2 aromatic rings. The minimum atomic E-state index is 0.126. The number of aromatic nitrogens is 1. The van der Waals surface area contributed by atoms with Crippen molar-refractivity contribution in [2.24, 2.45) is 0 Å². The van der Waals surface area contributed by atoms with Gasteiger partial charge in [0.15, 0.2) is 11.6 Å². The third-order valence-electron chi connectivity index (χ3n) is 2.57. The molecular formula is C15H19N3O. The number of nitrogens with two attached hydrogens (primary N) is 1. The maximum absolute atomic E-state index is 5.71. The van der Waals surface area contributed by atoms with Crippen LogP contribution in [0, 0.1) is 0 Å². The first kappa shape index (κ1) is 13.2. The van der Waals surface area contributed by atoms with Crippen LogP contribution in [0.5, 0.6) is 5.75 Å². The first-order valence-electron chi connectivity index (χ1n) is 6.35. The molecule has 19 heavy (non-hydrogen) atoms. The third-order valence-corrected chi connectivity index (χ3v) is 2.57. The van der Waals surface area contributed by atoms with Crippen molar-refractivity contribution in [2.45, 2.75) is 26.5 Å². The van der Waals surface area contributed by atoms with E-state index in [1.54, 1.807) is 6.20 Å². The van der Waals surface area contributed by atoms with E-state index in [9.17, 15) is 0 Å². The second kappa shape index (κ2) is 6.09. The molecule has 3 N–H and O–H groups in total. The highest BCUT2D eigenvalue weighted by atomic mass is 16.5. The molecule has 4 heteroatoms. The van der Waals surface area contributed by atoms with Gasteiger partial charge in [0.05, 0.1) is 6.10 Å². The summed E-state index contributed by atoms with van der Waals surface area (Å²) in [6, 6.07) is 11.6. The number of benzene rings is 1. The number of pyridine rings is 1. The van der Waals surface area contributed by atoms with Crippen molar-refractivity contribution < 1.29 is 4.74 Å². The highest BCUT2D eigenvalue weighted by molar-refractivity contribution is 5.50. The predicted molar refractivity (Wildman–Crippen MR) is 78.2 cm³/mol. The molecule has 0 aliphatic rings. The summed E-state index contributed by atoms with van der Waals surface area (Å²) in [6.07, 6.45) is 1.87. The standard InChI is InChI=1S/C15H19N3O/c1-11(2)19-14-4-3-9-17-15(14)18-10-12-5-7-13(16)8-6-12/h3-9,11H,10,16H2,1-2H3,(H,17,18). The quantitative estimate of drug-likeness (QED) is 0.808. The predicted octanol–water partition coefficient (Wildman–Crippen LogP) is 3.06. The Morgan fingerprint density at radius 1 is 1.21 bits per heavy atom. The number of hydrogen-bond donors (Lipinski definition) is 2. The molecule has 1 heterocycles. The van der Waals surface area contributed by atoms with Gasteiger partial charge in [0.2, 0.25) is 0 Å². The summed E-state index contributed by atoms with van der Waals surface area (Å²) in [4.78, 5) is 4.30. The lowest BCUT2D eigenvalue weighted by molar-refractivity contribution is 0.243. The topological polar surface area (TPSA) is 60.2 Å². The number of nitrogens with zero attached hydrogens (tertiary/aromatic N) is 1. The number of anilines is 2. The Hall–Kier alpha value is -2.23. The Kier molecular flexibility index (Phi) is 4.23. The summed E-state index contributed by atoms with van der Waals surface area (Å²) in [5, 5.41) is 3.28. The van der Waals surface area contributed by atoms with Crippen LogP contribution in [0.1, 0.15) is 19.4 Å². The average Bonchev–Trinajstić information content (AvgIpc) is 2.39. The highest BCUT2D eigenvalue weighted by Crippen LogP contribution is 2.22. The van der Waals surface area contributed by atoms with Gasteiger partial charge in [-0.25, -0.2) is 4.98 Å². The van der Waals surface area contributed by atoms with Gasteiger partial charge in [-0.1, -0.05) is 12.1 Å². The van der Waals surface area contributed by atoms with Gasteiger partial charge in [-0.15, -0.1) is 0 Å². The Balaban J connectivity index is 2.04. The molecule has 0 amide bonds. The van der Waals surface area contributed by atoms with Crippen molar-refractivity contribution in [3.63, 3.8) is 0 Å². The molecule has 0 atom stereocenters. The normalized spacial score (nSPS) is 10.5. The lowest BCUT2D eigenvalue weighted by Gasteiger charge is -2.14. The Morgan fingerprint density at radius 2 is 1.95 bits per heavy atom. The van der Waals surface area contributed by atoms with Crippen molar-refractivity contribution in [3.05, 3.63) is 48.2 Å². The number of hydrogen-bond acceptors (Lipinski definition) is 4. The van der Waals surface area contributed by atoms with Crippen molar-refractivity contribution >= 4 is 11.5 Å². The van der Waals surface area contributed by atoms with E-state index in [4.69, 9.17) is 10.5 Å². The summed E-state index contributed by atoms with van der Waals surface area (Å²) >= 11 is 0. The molecule has 0 unspecified atom stereocenters. The summed E-state index contributed by atoms with van der Waals surface area (Å²) < 4.78 is 5.71. The maximum atomic E-state index is 5.71. The zero-order chi connectivity index (χ0) is 13.7. The van der Waals surface area contributed by atoms with Crippen LogP contribution in [-0.4, -0.2) is 11.1 Å². The first-order chi connectivity index (χ1) is 9.15. The van der Waals surface area contributed by atoms with Gasteiger partial charge in [-0.2, -0.15) is 0 Å². The summed E-state index contributed by atoms with van der Waals surface area (Å²) in [5.74, 6) is 1.53. The molecule has 0 spiro atoms. The summed E-state index contributed by atoms with van der Waals surface area (Å²) in [7, 11) is 0. The molecule has 0 aliphatic carbocycles. The van der Waals surface area contributed by atoms with Crippen LogP contribution in [-0.2, 0) is 6.54 Å². The van der Waals surface area contributed by atoms with Crippen LogP contribution in [0.4, 0.5) is 11.5 Å². The van der Waals surface area contributed by atoms with Crippen LogP contribution >= 0.6 is 0 Å². The SMILES string of the molecule is CC(C)Oc1cccnc1NCc1ccc(N)cc1. The average molecular weight is 257 g/mol. The van der Waals surface area contributed by atoms with Crippen LogP contribution in [0.15, 0.2) is 42.6 Å². The van der Waals surface area contributed by atoms with Crippen LogP contribution in [0.2, 0.25) is 0 Å². The summed E-state index contributed by atoms with van der Waals surface area (Å²) in [5.41, 5.74) is 7.58. The number of nitrogens with one attached hydrogen (secondary N) is 1. The second-order valence-electron chi connectivity index (χ2n) is 4.61. The molecule has 4 nitrogen and oxygen atoms in total. The van der Waals surface area contributed by atoms with E-state index in [1.165, 1.54) is 0 Å². The van der Waals surface area contributed by atoms with Crippen LogP contribution in [0.3, 0.4) is 0 Å². The van der Waals surface area contributed by atoms with Crippen molar-refractivity contribution in [2.75, 3.05) is 11.1 Å². The highest BCUT2D eigenvalue weighted by Gasteiger charge is 2.05. The minimum absolute atomic E-state index is 0.126. The first-order valence-corrected chi connectivity index (χ1v) is 6.35. The van der Waals surface area contributed by atoms with Gasteiger partial charge in [0.1, 0.15) is 0 Å². The van der Waals surface area contributed by atoms with Gasteiger partial charge < -0.3 is 15.8 Å². The molecule has 1 aromatic heterocycles. The largest absolute Gasteiger partial charge is 0.487 e. The van der Waals surface area contributed by atoms with E-state index in [0.717, 1.165) is 22.8 Å². The fourth-order valence-corrected chi connectivity index (χ4v) is 1.69. The number of ether oxygens (including phenoxy) is 1. The van der Waals surface area contributed by atoms with E-state index in [2.05, 4.69) is 10.3 Å². The van der Waals surface area contributed by atoms with E-state index < -0.39 is 0 Å². The van der Waals surface area contributed by atoms with E-state index in [0.29, 0.717) is 6.54 Å². The number of rotatable bonds is 5. The van der Waals surface area contributed by atoms with Gasteiger partial charge >= 0.3 is 0 Å². The molecule has 0 saturated carbocycles. The van der Waals surface area contributed by atoms with Gasteiger partial charge in [-0.3, -0.25) is 0 Å². The molecule has 0 bridgehead atoms. The third kappa shape index (κ3) is 3.88. The van der Waals surface area contributed by atoms with Crippen LogP contribution in [0.25, 0.3) is 0 Å². The van der Waals surface area contributed by atoms with Crippen molar-refractivity contribution in [1.82, 2.24) is 4.98 Å². The monoisotopic (exact) mass is 257 g/mol. The summed E-state index contributed by atoms with van der Waals surface area (Å²) in [6.45, 7) is 4.68. The van der Waals surface area contributed by atoms with Gasteiger partial charge in [-0.05, 0) is 43.7 Å². The molecule has 100 valence electrons. The molecular weight excluding hydrogens is 238 g/mol. The lowest BCUT2D eigenvalue weighted by atomic mass is 10.2. The van der Waals surface area contributed by atoms with E-state index in [1.807, 2.05) is 50.2 Å². The molecule has 0 aliphatic heterocycles. The number of nitrogen functional groups attached to an aromatic ring is 1. The lowest BCUT2D eigenvalue weighted by Crippen LogP contribution is -2.09. The van der Waals surface area contributed by atoms with Crippen molar-refractivity contribution in [1.29, 1.82) is 0 Å². The minimum Gasteiger partial charge on any atom is -0.487 e. The van der Waals surface area contributed by atoms with Gasteiger partial charge in [0, 0.05) is 18.4 Å². The Morgan fingerprint density at radius 3 is 2.63 bits per heavy atom. The zero-order valence-electron chi connectivity index (χ0n) is 11.3. The smallest absolute Gasteiger partial charge is 0.169 e. The molecule has 0 radical (unpaired) electrons. The van der Waals surface area contributed by atoms with Crippen LogP contribution < -0.4 is 15.8 Å². The maximum Gasteiger partial charge on any atom is 0.169 e. The van der Waals surface area contributed by atoms with Gasteiger partial charge in [0.25, 0.3) is 0 Å². The molecule has 0 fully saturated rings. The fraction of sp³-hybridized carbons (Fsp3) is 0.267. The molecule has 1 aromatic carbocycles. The fourth-order valence-electron chi connectivity index (χ4n) is 1.69. The van der Waals surface area contributed by atoms with Crippen molar-refractivity contribution in [3.8, 4) is 5.75 Å². The Bertz CT molecular complexity index is 523. The van der Waals surface area contributed by atoms with E-state index in [-0.39, 0.29) is 6.10 Å². The van der Waals surface area contributed by atoms with E-state index >= 15 is 0 Å². The molecule has 2 rings (SSSR count). The zero-order valence-corrected chi connectivity index (χ0v) is 11.3. The molecule has 0 saturated heterocycles. The Labute approximate surface area is 113 Å².